The van der Waals surface area contributed by atoms with Crippen LogP contribution in [0.1, 0.15) is 19.9 Å². The number of ether oxygens (including phenoxy) is 1. The van der Waals surface area contributed by atoms with E-state index in [1.165, 1.54) is 0 Å². The van der Waals surface area contributed by atoms with E-state index in [1.54, 1.807) is 6.33 Å². The van der Waals surface area contributed by atoms with Crippen molar-refractivity contribution in [3.05, 3.63) is 30.6 Å². The molecule has 0 radical (unpaired) electrons. The zero-order valence-electron chi connectivity index (χ0n) is 11.8. The molecule has 0 bridgehead atoms. The van der Waals surface area contributed by atoms with Crippen molar-refractivity contribution < 1.29 is 9.53 Å². The smallest absolute Gasteiger partial charge is 0.245 e. The summed E-state index contributed by atoms with van der Waals surface area (Å²) in [7, 11) is 0. The molecule has 1 aliphatic rings. The summed E-state index contributed by atoms with van der Waals surface area (Å²) in [5.41, 5.74) is 1.91. The number of nitrogens with zero attached hydrogens (tertiary/aromatic N) is 3. The van der Waals surface area contributed by atoms with Crippen LogP contribution < -0.4 is 0 Å². The van der Waals surface area contributed by atoms with Gasteiger partial charge in [-0.25, -0.2) is 4.98 Å². The number of carbonyl (C=O) groups excluding carboxylic acids is 1. The van der Waals surface area contributed by atoms with Crippen molar-refractivity contribution in [2.24, 2.45) is 0 Å². The average molecular weight is 273 g/mol. The summed E-state index contributed by atoms with van der Waals surface area (Å²) in [6.07, 6.45) is 1.86. The number of rotatable bonds is 2. The molecule has 0 saturated carbocycles. The number of morpholine rings is 1. The molecule has 0 aliphatic carbocycles. The summed E-state index contributed by atoms with van der Waals surface area (Å²) in [6.45, 7) is 5.87. The van der Waals surface area contributed by atoms with Gasteiger partial charge in [0.2, 0.25) is 5.91 Å². The van der Waals surface area contributed by atoms with E-state index in [4.69, 9.17) is 4.74 Å². The summed E-state index contributed by atoms with van der Waals surface area (Å²) in [4.78, 5) is 18.8. The van der Waals surface area contributed by atoms with Gasteiger partial charge >= 0.3 is 0 Å². The van der Waals surface area contributed by atoms with Crippen molar-refractivity contribution in [2.75, 3.05) is 19.7 Å². The second-order valence-corrected chi connectivity index (χ2v) is 5.28. The van der Waals surface area contributed by atoms with Crippen LogP contribution in [0.3, 0.4) is 0 Å². The molecule has 1 saturated heterocycles. The second kappa shape index (κ2) is 5.25. The predicted octanol–water partition coefficient (Wildman–Crippen LogP) is 1.84. The number of fused-ring (bicyclic) bond motifs is 1. The Morgan fingerprint density at radius 3 is 3.05 bits per heavy atom. The summed E-state index contributed by atoms with van der Waals surface area (Å²) in [5, 5.41) is 0. The van der Waals surface area contributed by atoms with E-state index < -0.39 is 0 Å². The Kier molecular flexibility index (Phi) is 3.44. The number of para-hydroxylation sites is 2. The minimum Gasteiger partial charge on any atom is -0.375 e. The van der Waals surface area contributed by atoms with Crippen molar-refractivity contribution >= 4 is 16.9 Å². The summed E-state index contributed by atoms with van der Waals surface area (Å²) < 4.78 is 7.43. The number of aromatic nitrogens is 2. The molecule has 2 heterocycles. The Balaban J connectivity index is 1.84. The number of amides is 1. The van der Waals surface area contributed by atoms with Gasteiger partial charge in [-0.1, -0.05) is 12.1 Å². The first-order valence-electron chi connectivity index (χ1n) is 6.99. The van der Waals surface area contributed by atoms with Gasteiger partial charge < -0.3 is 14.2 Å². The zero-order chi connectivity index (χ0) is 14.1. The van der Waals surface area contributed by atoms with E-state index in [0.717, 1.165) is 11.0 Å². The monoisotopic (exact) mass is 273 g/mol. The topological polar surface area (TPSA) is 47.4 Å². The van der Waals surface area contributed by atoms with E-state index in [9.17, 15) is 4.79 Å². The lowest BCUT2D eigenvalue weighted by atomic mass is 10.2. The van der Waals surface area contributed by atoms with Crippen molar-refractivity contribution in [1.82, 2.24) is 14.5 Å². The molecule has 0 spiro atoms. The van der Waals surface area contributed by atoms with Gasteiger partial charge in [-0.05, 0) is 26.0 Å². The highest BCUT2D eigenvalue weighted by molar-refractivity contribution is 5.83. The maximum absolute atomic E-state index is 12.6. The second-order valence-electron chi connectivity index (χ2n) is 5.28. The zero-order valence-corrected chi connectivity index (χ0v) is 11.8. The summed E-state index contributed by atoms with van der Waals surface area (Å²) in [6, 6.07) is 7.63. The van der Waals surface area contributed by atoms with Crippen LogP contribution in [0.4, 0.5) is 0 Å². The quantitative estimate of drug-likeness (QED) is 0.839. The molecule has 0 N–H and O–H groups in total. The lowest BCUT2D eigenvalue weighted by Crippen LogP contribution is -2.46. The largest absolute Gasteiger partial charge is 0.375 e. The Bertz CT molecular complexity index is 622. The third kappa shape index (κ3) is 2.29. The van der Waals surface area contributed by atoms with Gasteiger partial charge in [0.1, 0.15) is 6.04 Å². The van der Waals surface area contributed by atoms with Crippen molar-refractivity contribution in [2.45, 2.75) is 26.0 Å². The van der Waals surface area contributed by atoms with Gasteiger partial charge in [0.25, 0.3) is 0 Å². The fraction of sp³-hybridized carbons (Fsp3) is 0.467. The third-order valence-corrected chi connectivity index (χ3v) is 3.81. The van der Waals surface area contributed by atoms with Gasteiger partial charge in [0, 0.05) is 13.1 Å². The molecule has 1 fully saturated rings. The van der Waals surface area contributed by atoms with Gasteiger partial charge in [-0.2, -0.15) is 0 Å². The Labute approximate surface area is 118 Å². The SMILES string of the molecule is CC1CN(C(=O)C(C)n2cnc3ccccc32)CCO1. The lowest BCUT2D eigenvalue weighted by molar-refractivity contribution is -0.141. The van der Waals surface area contributed by atoms with Crippen LogP contribution in [-0.2, 0) is 9.53 Å². The van der Waals surface area contributed by atoms with Crippen molar-refractivity contribution in [3.8, 4) is 0 Å². The molecule has 2 aromatic rings. The summed E-state index contributed by atoms with van der Waals surface area (Å²) >= 11 is 0. The molecule has 2 unspecified atom stereocenters. The molecule has 1 amide bonds. The Hall–Kier alpha value is -1.88. The van der Waals surface area contributed by atoms with Crippen LogP contribution in [0, 0.1) is 0 Å². The first kappa shape index (κ1) is 13.1. The van der Waals surface area contributed by atoms with E-state index in [-0.39, 0.29) is 18.1 Å². The normalized spacial score (nSPS) is 21.1. The maximum Gasteiger partial charge on any atom is 0.245 e. The van der Waals surface area contributed by atoms with Crippen LogP contribution in [0.2, 0.25) is 0 Å². The molecule has 106 valence electrons. The molecule has 2 atom stereocenters. The highest BCUT2D eigenvalue weighted by atomic mass is 16.5. The molecule has 5 heteroatoms. The Morgan fingerprint density at radius 1 is 1.45 bits per heavy atom. The molecule has 1 aromatic heterocycles. The molecule has 3 rings (SSSR count). The number of hydrogen-bond donors (Lipinski definition) is 0. The maximum atomic E-state index is 12.6. The van der Waals surface area contributed by atoms with Crippen LogP contribution >= 0.6 is 0 Å². The minimum absolute atomic E-state index is 0.111. The number of benzene rings is 1. The molecular weight excluding hydrogens is 254 g/mol. The van der Waals surface area contributed by atoms with Gasteiger partial charge in [0.05, 0.1) is 30.1 Å². The first-order chi connectivity index (χ1) is 9.66. The van der Waals surface area contributed by atoms with Crippen molar-refractivity contribution in [1.29, 1.82) is 0 Å². The van der Waals surface area contributed by atoms with Crippen LogP contribution in [0.5, 0.6) is 0 Å². The van der Waals surface area contributed by atoms with Crippen LogP contribution in [-0.4, -0.2) is 46.2 Å². The molecule has 1 aliphatic heterocycles. The van der Waals surface area contributed by atoms with E-state index >= 15 is 0 Å². The van der Waals surface area contributed by atoms with E-state index in [1.807, 2.05) is 47.6 Å². The molecule has 20 heavy (non-hydrogen) atoms. The van der Waals surface area contributed by atoms with E-state index in [2.05, 4.69) is 4.98 Å². The minimum atomic E-state index is -0.243. The molecular formula is C15H19N3O2. The number of carbonyl (C=O) groups is 1. The molecule has 1 aromatic carbocycles. The summed E-state index contributed by atoms with van der Waals surface area (Å²) in [5.74, 6) is 0.128. The third-order valence-electron chi connectivity index (χ3n) is 3.81. The van der Waals surface area contributed by atoms with Gasteiger partial charge in [-0.3, -0.25) is 4.79 Å². The predicted molar refractivity (Wildman–Crippen MR) is 76.4 cm³/mol. The first-order valence-corrected chi connectivity index (χ1v) is 6.99. The Morgan fingerprint density at radius 2 is 2.25 bits per heavy atom. The van der Waals surface area contributed by atoms with Gasteiger partial charge in [-0.15, -0.1) is 0 Å². The highest BCUT2D eigenvalue weighted by Gasteiger charge is 2.26. The number of imidazole rings is 1. The van der Waals surface area contributed by atoms with Gasteiger partial charge in [0.15, 0.2) is 0 Å². The standard InChI is InChI=1S/C15H19N3O2/c1-11-9-17(7-8-20-11)15(19)12(2)18-10-16-13-5-3-4-6-14(13)18/h3-6,10-12H,7-9H2,1-2H3. The fourth-order valence-corrected chi connectivity index (χ4v) is 2.69. The lowest BCUT2D eigenvalue weighted by Gasteiger charge is -2.33. The van der Waals surface area contributed by atoms with Crippen LogP contribution in [0.25, 0.3) is 11.0 Å². The highest BCUT2D eigenvalue weighted by Crippen LogP contribution is 2.20. The fourth-order valence-electron chi connectivity index (χ4n) is 2.69. The van der Waals surface area contributed by atoms with Crippen LogP contribution in [0.15, 0.2) is 30.6 Å². The van der Waals surface area contributed by atoms with E-state index in [0.29, 0.717) is 19.7 Å². The molecule has 5 nitrogen and oxygen atoms in total. The van der Waals surface area contributed by atoms with Crippen molar-refractivity contribution in [3.63, 3.8) is 0 Å². The average Bonchev–Trinajstić information content (AvgIpc) is 2.89. The number of hydrogen-bond acceptors (Lipinski definition) is 3.